The summed E-state index contributed by atoms with van der Waals surface area (Å²) >= 11 is 0. The molecule has 0 bridgehead atoms. The topological polar surface area (TPSA) is 67.8 Å². The summed E-state index contributed by atoms with van der Waals surface area (Å²) < 4.78 is 10.5. The van der Waals surface area contributed by atoms with Crippen LogP contribution < -0.4 is 14.4 Å². The van der Waals surface area contributed by atoms with Gasteiger partial charge in [-0.15, -0.1) is 0 Å². The van der Waals surface area contributed by atoms with E-state index in [9.17, 15) is 4.79 Å². The third kappa shape index (κ3) is 3.24. The molecule has 0 radical (unpaired) electrons. The normalized spacial score (nSPS) is 14.4. The van der Waals surface area contributed by atoms with Crippen LogP contribution in [-0.4, -0.2) is 61.2 Å². The Hall–Kier alpha value is -2.83. The second kappa shape index (κ2) is 7.16. The van der Waals surface area contributed by atoms with Crippen LogP contribution in [0.2, 0.25) is 0 Å². The van der Waals surface area contributed by atoms with Gasteiger partial charge in [0.05, 0.1) is 20.4 Å². The highest BCUT2D eigenvalue weighted by atomic mass is 16.5. The molecule has 2 heterocycles. The van der Waals surface area contributed by atoms with E-state index in [4.69, 9.17) is 9.47 Å². The highest BCUT2D eigenvalue weighted by Crippen LogP contribution is 2.28. The lowest BCUT2D eigenvalue weighted by Gasteiger charge is -2.35. The summed E-state index contributed by atoms with van der Waals surface area (Å²) in [5, 5.41) is 0. The first-order valence-electron chi connectivity index (χ1n) is 7.75. The van der Waals surface area contributed by atoms with Crippen molar-refractivity contribution in [1.82, 2.24) is 14.9 Å². The zero-order chi connectivity index (χ0) is 16.9. The Bertz CT molecular complexity index is 700. The maximum Gasteiger partial charge on any atom is 0.254 e. The maximum atomic E-state index is 12.7. The summed E-state index contributed by atoms with van der Waals surface area (Å²) in [5.41, 5.74) is 0.598. The first kappa shape index (κ1) is 16.0. The molecule has 0 spiro atoms. The van der Waals surface area contributed by atoms with Gasteiger partial charge >= 0.3 is 0 Å². The molecule has 1 aromatic heterocycles. The average molecular weight is 328 g/mol. The van der Waals surface area contributed by atoms with Crippen LogP contribution in [0.3, 0.4) is 0 Å². The van der Waals surface area contributed by atoms with Crippen LogP contribution in [0.4, 0.5) is 5.82 Å². The van der Waals surface area contributed by atoms with Crippen LogP contribution in [-0.2, 0) is 0 Å². The second-order valence-corrected chi connectivity index (χ2v) is 5.41. The third-order valence-corrected chi connectivity index (χ3v) is 4.07. The molecule has 1 aromatic carbocycles. The van der Waals surface area contributed by atoms with Crippen molar-refractivity contribution in [3.63, 3.8) is 0 Å². The number of hydrogen-bond acceptors (Lipinski definition) is 6. The predicted molar refractivity (Wildman–Crippen MR) is 89.7 cm³/mol. The third-order valence-electron chi connectivity index (χ3n) is 4.07. The first-order chi connectivity index (χ1) is 11.7. The Morgan fingerprint density at radius 2 is 1.79 bits per heavy atom. The Morgan fingerprint density at radius 1 is 1.04 bits per heavy atom. The van der Waals surface area contributed by atoms with Crippen molar-refractivity contribution in [3.05, 3.63) is 42.4 Å². The zero-order valence-corrected chi connectivity index (χ0v) is 13.8. The molecule has 2 aromatic rings. The average Bonchev–Trinajstić information content (AvgIpc) is 2.67. The predicted octanol–water partition coefficient (Wildman–Crippen LogP) is 1.46. The van der Waals surface area contributed by atoms with Crippen molar-refractivity contribution in [2.75, 3.05) is 45.3 Å². The maximum absolute atomic E-state index is 12.7. The summed E-state index contributed by atoms with van der Waals surface area (Å²) in [6.07, 6.45) is 5.07. The molecule has 1 aliphatic rings. The number of benzene rings is 1. The van der Waals surface area contributed by atoms with Gasteiger partial charge in [-0.2, -0.15) is 0 Å². The van der Waals surface area contributed by atoms with Gasteiger partial charge in [-0.25, -0.2) is 4.98 Å². The minimum absolute atomic E-state index is 0.00486. The smallest absolute Gasteiger partial charge is 0.254 e. The van der Waals surface area contributed by atoms with E-state index in [-0.39, 0.29) is 5.91 Å². The van der Waals surface area contributed by atoms with Gasteiger partial charge in [0, 0.05) is 44.1 Å². The van der Waals surface area contributed by atoms with Crippen LogP contribution in [0.5, 0.6) is 11.5 Å². The van der Waals surface area contributed by atoms with Crippen molar-refractivity contribution >= 4 is 11.7 Å². The molecule has 1 saturated heterocycles. The lowest BCUT2D eigenvalue weighted by molar-refractivity contribution is 0.0746. The monoisotopic (exact) mass is 328 g/mol. The lowest BCUT2D eigenvalue weighted by atomic mass is 10.1. The van der Waals surface area contributed by atoms with Crippen LogP contribution in [0.15, 0.2) is 36.8 Å². The van der Waals surface area contributed by atoms with E-state index in [1.165, 1.54) is 0 Å². The van der Waals surface area contributed by atoms with E-state index < -0.39 is 0 Å². The molecule has 1 fully saturated rings. The van der Waals surface area contributed by atoms with Crippen molar-refractivity contribution in [3.8, 4) is 11.5 Å². The number of piperazine rings is 1. The zero-order valence-electron chi connectivity index (χ0n) is 13.8. The molecule has 126 valence electrons. The van der Waals surface area contributed by atoms with Crippen LogP contribution in [0.25, 0.3) is 0 Å². The Morgan fingerprint density at radius 3 is 2.42 bits per heavy atom. The number of ether oxygens (including phenoxy) is 2. The number of nitrogens with zero attached hydrogens (tertiary/aromatic N) is 4. The van der Waals surface area contributed by atoms with Crippen LogP contribution in [0, 0.1) is 0 Å². The molecule has 3 rings (SSSR count). The summed E-state index contributed by atoms with van der Waals surface area (Å²) in [5.74, 6) is 2.01. The van der Waals surface area contributed by atoms with E-state index >= 15 is 0 Å². The molecule has 0 N–H and O–H groups in total. The summed E-state index contributed by atoms with van der Waals surface area (Å²) in [6, 6.07) is 5.23. The van der Waals surface area contributed by atoms with Gasteiger partial charge in [-0.1, -0.05) is 0 Å². The number of anilines is 1. The van der Waals surface area contributed by atoms with Gasteiger partial charge in [0.1, 0.15) is 5.82 Å². The minimum Gasteiger partial charge on any atom is -0.493 e. The van der Waals surface area contributed by atoms with Crippen LogP contribution >= 0.6 is 0 Å². The molecule has 0 atom stereocenters. The fourth-order valence-electron chi connectivity index (χ4n) is 2.74. The highest BCUT2D eigenvalue weighted by Gasteiger charge is 2.23. The van der Waals surface area contributed by atoms with Crippen molar-refractivity contribution in [2.24, 2.45) is 0 Å². The number of hydrogen-bond donors (Lipinski definition) is 0. The summed E-state index contributed by atoms with van der Waals surface area (Å²) in [4.78, 5) is 25.1. The quantitative estimate of drug-likeness (QED) is 0.846. The van der Waals surface area contributed by atoms with Crippen molar-refractivity contribution < 1.29 is 14.3 Å². The van der Waals surface area contributed by atoms with Crippen molar-refractivity contribution in [1.29, 1.82) is 0 Å². The standard InChI is InChI=1S/C17H20N4O3/c1-23-14-4-3-13(11-15(14)24-2)17(22)21-9-7-20(8-10-21)16-12-18-5-6-19-16/h3-6,11-12H,7-10H2,1-2H3. The van der Waals surface area contributed by atoms with E-state index in [2.05, 4.69) is 14.9 Å². The molecule has 0 saturated carbocycles. The molecule has 0 aliphatic carbocycles. The lowest BCUT2D eigenvalue weighted by Crippen LogP contribution is -2.49. The molecule has 1 amide bonds. The number of methoxy groups -OCH3 is 2. The van der Waals surface area contributed by atoms with Gasteiger partial charge in [0.15, 0.2) is 11.5 Å². The van der Waals surface area contributed by atoms with E-state index in [0.29, 0.717) is 30.2 Å². The number of carbonyl (C=O) groups is 1. The molecule has 1 aliphatic heterocycles. The van der Waals surface area contributed by atoms with Gasteiger partial charge in [0.25, 0.3) is 5.91 Å². The number of carbonyl (C=O) groups excluding carboxylic acids is 1. The van der Waals surface area contributed by atoms with Gasteiger partial charge < -0.3 is 19.3 Å². The van der Waals surface area contributed by atoms with Gasteiger partial charge in [-0.3, -0.25) is 9.78 Å². The van der Waals surface area contributed by atoms with E-state index in [1.54, 1.807) is 51.0 Å². The Kier molecular flexibility index (Phi) is 4.79. The van der Waals surface area contributed by atoms with Crippen molar-refractivity contribution in [2.45, 2.75) is 0 Å². The first-order valence-corrected chi connectivity index (χ1v) is 7.75. The summed E-state index contributed by atoms with van der Waals surface area (Å²) in [6.45, 7) is 2.75. The highest BCUT2D eigenvalue weighted by molar-refractivity contribution is 5.95. The van der Waals surface area contributed by atoms with Gasteiger partial charge in [0.2, 0.25) is 0 Å². The minimum atomic E-state index is -0.00486. The molecular formula is C17H20N4O3. The molecule has 0 unspecified atom stereocenters. The largest absolute Gasteiger partial charge is 0.493 e. The molecule has 24 heavy (non-hydrogen) atoms. The van der Waals surface area contributed by atoms with E-state index in [1.807, 2.05) is 4.90 Å². The fourth-order valence-corrected chi connectivity index (χ4v) is 2.74. The Labute approximate surface area is 140 Å². The molecule has 7 heteroatoms. The second-order valence-electron chi connectivity index (χ2n) is 5.41. The fraction of sp³-hybridized carbons (Fsp3) is 0.353. The SMILES string of the molecule is COc1ccc(C(=O)N2CCN(c3cnccn3)CC2)cc1OC. The summed E-state index contributed by atoms with van der Waals surface area (Å²) in [7, 11) is 3.14. The Balaban J connectivity index is 1.67. The molecule has 7 nitrogen and oxygen atoms in total. The van der Waals surface area contributed by atoms with Gasteiger partial charge in [-0.05, 0) is 18.2 Å². The van der Waals surface area contributed by atoms with Crippen LogP contribution in [0.1, 0.15) is 10.4 Å². The number of rotatable bonds is 4. The number of aromatic nitrogens is 2. The molecular weight excluding hydrogens is 308 g/mol. The van der Waals surface area contributed by atoms with E-state index in [0.717, 1.165) is 18.9 Å². The number of amides is 1.